The maximum atomic E-state index is 11.6. The van der Waals surface area contributed by atoms with Crippen LogP contribution >= 0.6 is 0 Å². The van der Waals surface area contributed by atoms with Gasteiger partial charge in [-0.25, -0.2) is 0 Å². The second kappa shape index (κ2) is 10.8. The number of hydrogen-bond acceptors (Lipinski definition) is 4. The SMILES string of the molecule is C=C1/C(=C\C=C2/CCC[C@@]3(C)C2CC[C@@H]3[C@H](C)/C=C/[C@@H](O)C2(C(=O)O)CC2)C[C@](O)(CCCC)C[C@@H]1O. The Labute approximate surface area is 223 Å². The molecule has 0 aliphatic heterocycles. The van der Waals surface area contributed by atoms with Gasteiger partial charge in [-0.15, -0.1) is 0 Å². The van der Waals surface area contributed by atoms with Crippen LogP contribution in [-0.2, 0) is 4.79 Å². The van der Waals surface area contributed by atoms with E-state index in [9.17, 15) is 25.2 Å². The van der Waals surface area contributed by atoms with E-state index in [1.807, 2.05) is 0 Å². The third-order valence-corrected chi connectivity index (χ3v) is 10.5. The summed E-state index contributed by atoms with van der Waals surface area (Å²) >= 11 is 0. The third kappa shape index (κ3) is 5.55. The molecule has 0 amide bonds. The summed E-state index contributed by atoms with van der Waals surface area (Å²) in [6, 6.07) is 0. The molecule has 206 valence electrons. The Hall–Kier alpha value is -1.69. The molecule has 4 N–H and O–H groups in total. The second-order valence-corrected chi connectivity index (χ2v) is 12.9. The highest BCUT2D eigenvalue weighted by atomic mass is 16.4. The van der Waals surface area contributed by atoms with Crippen LogP contribution in [0.15, 0.2) is 47.6 Å². The Morgan fingerprint density at radius 3 is 2.57 bits per heavy atom. The van der Waals surface area contributed by atoms with E-state index < -0.39 is 29.2 Å². The summed E-state index contributed by atoms with van der Waals surface area (Å²) in [4.78, 5) is 11.6. The Morgan fingerprint density at radius 1 is 1.19 bits per heavy atom. The first kappa shape index (κ1) is 28.3. The minimum atomic E-state index is -0.966. The molecule has 4 aliphatic carbocycles. The zero-order valence-electron chi connectivity index (χ0n) is 23.1. The number of carboxylic acid groups (broad SMARTS) is 1. The Balaban J connectivity index is 1.48. The minimum Gasteiger partial charge on any atom is -0.481 e. The van der Waals surface area contributed by atoms with Crippen molar-refractivity contribution in [3.05, 3.63) is 47.6 Å². The van der Waals surface area contributed by atoms with Gasteiger partial charge >= 0.3 is 5.97 Å². The number of carbonyl (C=O) groups is 1. The molecule has 0 aromatic heterocycles. The molecule has 5 nitrogen and oxygen atoms in total. The van der Waals surface area contributed by atoms with Gasteiger partial charge in [-0.1, -0.05) is 70.1 Å². The number of carboxylic acids is 1. The molecular weight excluding hydrogens is 464 g/mol. The van der Waals surface area contributed by atoms with Gasteiger partial charge in [-0.05, 0) is 85.7 Å². The lowest BCUT2D eigenvalue weighted by atomic mass is 9.61. The lowest BCUT2D eigenvalue weighted by Gasteiger charge is -2.44. The van der Waals surface area contributed by atoms with Gasteiger partial charge in [0.2, 0.25) is 0 Å². The zero-order chi connectivity index (χ0) is 27.0. The molecule has 0 saturated heterocycles. The Kier molecular flexibility index (Phi) is 8.28. The molecule has 0 aromatic carbocycles. The fraction of sp³-hybridized carbons (Fsp3) is 0.719. The average molecular weight is 513 g/mol. The quantitative estimate of drug-likeness (QED) is 0.280. The number of rotatable bonds is 9. The molecule has 0 spiro atoms. The highest BCUT2D eigenvalue weighted by Crippen LogP contribution is 2.59. The molecule has 4 saturated carbocycles. The van der Waals surface area contributed by atoms with Crippen LogP contribution in [0.4, 0.5) is 0 Å². The van der Waals surface area contributed by atoms with Crippen molar-refractivity contribution in [3.63, 3.8) is 0 Å². The van der Waals surface area contributed by atoms with Crippen molar-refractivity contribution < 1.29 is 25.2 Å². The van der Waals surface area contributed by atoms with E-state index in [1.54, 1.807) is 6.08 Å². The van der Waals surface area contributed by atoms with E-state index in [1.165, 1.54) is 12.0 Å². The van der Waals surface area contributed by atoms with Crippen molar-refractivity contribution in [2.45, 2.75) is 116 Å². The van der Waals surface area contributed by atoms with Crippen LogP contribution in [0.3, 0.4) is 0 Å². The first-order valence-corrected chi connectivity index (χ1v) is 14.5. The molecule has 4 rings (SSSR count). The molecule has 4 fully saturated rings. The first-order valence-electron chi connectivity index (χ1n) is 14.5. The fourth-order valence-corrected chi connectivity index (χ4v) is 7.82. The van der Waals surface area contributed by atoms with Gasteiger partial charge in [0.15, 0.2) is 0 Å². The fourth-order valence-electron chi connectivity index (χ4n) is 7.82. The van der Waals surface area contributed by atoms with Crippen molar-refractivity contribution in [1.29, 1.82) is 0 Å². The van der Waals surface area contributed by atoms with E-state index in [0.717, 1.165) is 49.7 Å². The number of aliphatic hydroxyl groups excluding tert-OH is 2. The number of aliphatic carboxylic acids is 1. The number of aliphatic hydroxyl groups is 3. The molecule has 0 heterocycles. The van der Waals surface area contributed by atoms with Crippen molar-refractivity contribution in [2.24, 2.45) is 28.6 Å². The Morgan fingerprint density at radius 2 is 1.92 bits per heavy atom. The van der Waals surface area contributed by atoms with Crippen molar-refractivity contribution in [2.75, 3.05) is 0 Å². The highest BCUT2D eigenvalue weighted by Gasteiger charge is 2.55. The van der Waals surface area contributed by atoms with Crippen LogP contribution < -0.4 is 0 Å². The van der Waals surface area contributed by atoms with E-state index in [2.05, 4.69) is 45.6 Å². The number of hydrogen-bond donors (Lipinski definition) is 4. The van der Waals surface area contributed by atoms with E-state index in [-0.39, 0.29) is 11.3 Å². The third-order valence-electron chi connectivity index (χ3n) is 10.5. The van der Waals surface area contributed by atoms with Crippen molar-refractivity contribution >= 4 is 5.97 Å². The number of allylic oxidation sites excluding steroid dienone is 4. The largest absolute Gasteiger partial charge is 0.481 e. The van der Waals surface area contributed by atoms with Gasteiger partial charge in [0.25, 0.3) is 0 Å². The summed E-state index contributed by atoms with van der Waals surface area (Å²) in [5.74, 6) is 0.369. The van der Waals surface area contributed by atoms with Gasteiger partial charge in [0.1, 0.15) is 0 Å². The van der Waals surface area contributed by atoms with E-state index in [4.69, 9.17) is 0 Å². The van der Waals surface area contributed by atoms with Crippen LogP contribution in [0.2, 0.25) is 0 Å². The van der Waals surface area contributed by atoms with Crippen molar-refractivity contribution in [1.82, 2.24) is 0 Å². The summed E-state index contributed by atoms with van der Waals surface area (Å²) in [5, 5.41) is 41.8. The second-order valence-electron chi connectivity index (χ2n) is 12.9. The molecule has 0 bridgehead atoms. The molecule has 5 heteroatoms. The number of unbranched alkanes of at least 4 members (excludes halogenated alkanes) is 1. The van der Waals surface area contributed by atoms with E-state index >= 15 is 0 Å². The molecule has 1 unspecified atom stereocenters. The maximum absolute atomic E-state index is 11.6. The number of fused-ring (bicyclic) bond motifs is 1. The lowest BCUT2D eigenvalue weighted by Crippen LogP contribution is -2.39. The minimum absolute atomic E-state index is 0.173. The summed E-state index contributed by atoms with van der Waals surface area (Å²) < 4.78 is 0. The molecule has 4 aliphatic rings. The molecule has 0 radical (unpaired) electrons. The van der Waals surface area contributed by atoms with Crippen LogP contribution in [0.5, 0.6) is 0 Å². The smallest absolute Gasteiger partial charge is 0.312 e. The summed E-state index contributed by atoms with van der Waals surface area (Å²) in [6.07, 6.45) is 17.0. The monoisotopic (exact) mass is 512 g/mol. The summed E-state index contributed by atoms with van der Waals surface area (Å²) in [5.41, 5.74) is 1.54. The zero-order valence-corrected chi connectivity index (χ0v) is 23.1. The average Bonchev–Trinajstić information content (AvgIpc) is 3.59. The Bertz CT molecular complexity index is 972. The van der Waals surface area contributed by atoms with Gasteiger partial charge in [-0.2, -0.15) is 0 Å². The molecule has 37 heavy (non-hydrogen) atoms. The van der Waals surface area contributed by atoms with Crippen LogP contribution in [-0.4, -0.2) is 44.2 Å². The predicted octanol–water partition coefficient (Wildman–Crippen LogP) is 6.11. The van der Waals surface area contributed by atoms with E-state index in [0.29, 0.717) is 43.9 Å². The topological polar surface area (TPSA) is 98.0 Å². The normalized spacial score (nSPS) is 39.2. The highest BCUT2D eigenvalue weighted by molar-refractivity contribution is 5.79. The van der Waals surface area contributed by atoms with Crippen LogP contribution in [0.1, 0.15) is 97.8 Å². The van der Waals surface area contributed by atoms with Gasteiger partial charge in [-0.3, -0.25) is 4.79 Å². The van der Waals surface area contributed by atoms with Gasteiger partial charge in [0, 0.05) is 12.8 Å². The standard InChI is InChI=1S/C32H48O5/c1-5-6-16-31(37)19-24(22(3)27(33)20-31)11-10-23-8-7-15-30(4)25(12-13-26(23)30)21(2)9-14-28(34)32(17-18-32)29(35)36/h9-11,14,21,25-28,33-34,37H,3,5-8,12-13,15-20H2,1-2,4H3,(H,35,36)/b14-9+,23-10+,24-11-/t21-,25-,26?,27+,28-,30-,31-/m1/s1. The summed E-state index contributed by atoms with van der Waals surface area (Å²) in [7, 11) is 0. The van der Waals surface area contributed by atoms with Crippen molar-refractivity contribution in [3.8, 4) is 0 Å². The summed E-state index contributed by atoms with van der Waals surface area (Å²) in [6.45, 7) is 10.9. The molecule has 7 atom stereocenters. The van der Waals surface area contributed by atoms with Crippen LogP contribution in [0.25, 0.3) is 0 Å². The first-order chi connectivity index (χ1) is 17.5. The predicted molar refractivity (Wildman–Crippen MR) is 147 cm³/mol. The maximum Gasteiger partial charge on any atom is 0.312 e. The van der Waals surface area contributed by atoms with Crippen LogP contribution in [0, 0.1) is 28.6 Å². The molecule has 0 aromatic rings. The molecular formula is C32H48O5. The van der Waals surface area contributed by atoms with Gasteiger partial charge in [0.05, 0.1) is 23.2 Å². The van der Waals surface area contributed by atoms with Gasteiger partial charge < -0.3 is 20.4 Å². The lowest BCUT2D eigenvalue weighted by molar-refractivity contribution is -0.146.